The van der Waals surface area contributed by atoms with Gasteiger partial charge in [-0.1, -0.05) is 43.5 Å². The third-order valence-electron chi connectivity index (χ3n) is 3.49. The molecule has 23 heavy (non-hydrogen) atoms. The van der Waals surface area contributed by atoms with E-state index in [1.165, 1.54) is 0 Å². The van der Waals surface area contributed by atoms with Crippen molar-refractivity contribution in [3.05, 3.63) is 84.4 Å². The number of carbonyl (C=O) groups is 1. The second-order valence-electron chi connectivity index (χ2n) is 5.18. The predicted octanol–water partition coefficient (Wildman–Crippen LogP) is 2.82. The van der Waals surface area contributed by atoms with Crippen LogP contribution in [-0.2, 0) is 16.0 Å². The van der Waals surface area contributed by atoms with Crippen molar-refractivity contribution >= 4 is 5.91 Å². The summed E-state index contributed by atoms with van der Waals surface area (Å²) >= 11 is 0. The van der Waals surface area contributed by atoms with E-state index in [9.17, 15) is 4.79 Å². The predicted molar refractivity (Wildman–Crippen MR) is 92.3 cm³/mol. The van der Waals surface area contributed by atoms with Crippen molar-refractivity contribution in [3.63, 3.8) is 0 Å². The summed E-state index contributed by atoms with van der Waals surface area (Å²) in [5, 5.41) is 5.92. The quantitative estimate of drug-likeness (QED) is 0.761. The molecule has 1 aromatic carbocycles. The van der Waals surface area contributed by atoms with Crippen LogP contribution in [-0.4, -0.2) is 18.6 Å². The Hall–Kier alpha value is -2.75. The highest BCUT2D eigenvalue weighted by atomic mass is 16.5. The molecule has 0 radical (unpaired) electrons. The van der Waals surface area contributed by atoms with E-state index in [0.29, 0.717) is 30.1 Å². The van der Waals surface area contributed by atoms with Crippen LogP contribution in [0.4, 0.5) is 0 Å². The number of dihydropyridines is 1. The molecule has 0 spiro atoms. The van der Waals surface area contributed by atoms with E-state index >= 15 is 0 Å². The summed E-state index contributed by atoms with van der Waals surface area (Å²) in [7, 11) is 0. The molecule has 1 atom stereocenters. The largest absolute Gasteiger partial charge is 0.497 e. The molecular weight excluding hydrogens is 288 g/mol. The fourth-order valence-electron chi connectivity index (χ4n) is 2.30. The average molecular weight is 310 g/mol. The van der Waals surface area contributed by atoms with E-state index in [1.54, 1.807) is 18.4 Å². The molecule has 0 saturated carbocycles. The summed E-state index contributed by atoms with van der Waals surface area (Å²) in [6.45, 7) is 10.2. The standard InChI is InChI=1S/C19H22N2O2/c1-4-23-15(3)18(13-16-9-6-5-7-10-16)21-19(22)17-11-8-12-20-14(17)2/h5-12,18,20H,2-4,13H2,1H3,(H,21,22). The zero-order chi connectivity index (χ0) is 16.7. The maximum atomic E-state index is 12.5. The summed E-state index contributed by atoms with van der Waals surface area (Å²) in [6, 6.07) is 9.63. The van der Waals surface area contributed by atoms with Gasteiger partial charge in [-0.15, -0.1) is 0 Å². The first-order valence-corrected chi connectivity index (χ1v) is 7.60. The van der Waals surface area contributed by atoms with Crippen molar-refractivity contribution in [2.45, 2.75) is 19.4 Å². The second-order valence-corrected chi connectivity index (χ2v) is 5.18. The number of hydrogen-bond donors (Lipinski definition) is 2. The molecule has 1 unspecified atom stereocenters. The molecule has 1 aromatic rings. The van der Waals surface area contributed by atoms with Gasteiger partial charge in [0.25, 0.3) is 5.91 Å². The van der Waals surface area contributed by atoms with E-state index in [1.807, 2.05) is 37.3 Å². The monoisotopic (exact) mass is 310 g/mol. The van der Waals surface area contributed by atoms with Crippen molar-refractivity contribution in [2.75, 3.05) is 6.61 Å². The zero-order valence-corrected chi connectivity index (χ0v) is 13.3. The van der Waals surface area contributed by atoms with E-state index in [-0.39, 0.29) is 11.9 Å². The lowest BCUT2D eigenvalue weighted by Gasteiger charge is -2.23. The molecule has 0 fully saturated rings. The Morgan fingerprint density at radius 1 is 1.35 bits per heavy atom. The number of amides is 1. The summed E-state index contributed by atoms with van der Waals surface area (Å²) < 4.78 is 5.51. The number of ether oxygens (including phenoxy) is 1. The van der Waals surface area contributed by atoms with Gasteiger partial charge in [0.05, 0.1) is 18.2 Å². The first kappa shape index (κ1) is 16.6. The van der Waals surface area contributed by atoms with Crippen molar-refractivity contribution in [1.29, 1.82) is 0 Å². The van der Waals surface area contributed by atoms with Gasteiger partial charge in [0.2, 0.25) is 0 Å². The minimum Gasteiger partial charge on any atom is -0.497 e. The molecule has 2 N–H and O–H groups in total. The molecule has 1 amide bonds. The molecule has 0 saturated heterocycles. The normalized spacial score (nSPS) is 14.5. The van der Waals surface area contributed by atoms with Gasteiger partial charge in [0.1, 0.15) is 5.76 Å². The first-order valence-electron chi connectivity index (χ1n) is 7.60. The number of benzene rings is 1. The van der Waals surface area contributed by atoms with Gasteiger partial charge in [-0.05, 0) is 31.1 Å². The van der Waals surface area contributed by atoms with Crippen LogP contribution >= 0.6 is 0 Å². The summed E-state index contributed by atoms with van der Waals surface area (Å²) in [5.41, 5.74) is 2.19. The fraction of sp³-hybridized carbons (Fsp3) is 0.211. The lowest BCUT2D eigenvalue weighted by Crippen LogP contribution is -2.40. The lowest BCUT2D eigenvalue weighted by molar-refractivity contribution is -0.118. The number of allylic oxidation sites excluding steroid dienone is 2. The maximum Gasteiger partial charge on any atom is 0.253 e. The third-order valence-corrected chi connectivity index (χ3v) is 3.49. The number of rotatable bonds is 7. The molecule has 0 bridgehead atoms. The Kier molecular flexibility index (Phi) is 5.80. The molecule has 0 aliphatic carbocycles. The Labute approximate surface area is 137 Å². The minimum atomic E-state index is -0.301. The van der Waals surface area contributed by atoms with Crippen molar-refractivity contribution in [1.82, 2.24) is 10.6 Å². The second kappa shape index (κ2) is 8.03. The fourth-order valence-corrected chi connectivity index (χ4v) is 2.30. The Balaban J connectivity index is 2.12. The summed E-state index contributed by atoms with van der Waals surface area (Å²) in [6.07, 6.45) is 5.86. The molecule has 4 nitrogen and oxygen atoms in total. The Bertz CT molecular complexity index is 645. The molecule has 2 rings (SSSR count). The van der Waals surface area contributed by atoms with Crippen LogP contribution in [0.2, 0.25) is 0 Å². The van der Waals surface area contributed by atoms with Crippen LogP contribution < -0.4 is 10.6 Å². The van der Waals surface area contributed by atoms with Crippen LogP contribution in [0.5, 0.6) is 0 Å². The first-order chi connectivity index (χ1) is 11.1. The van der Waals surface area contributed by atoms with Gasteiger partial charge in [-0.2, -0.15) is 0 Å². The number of carbonyl (C=O) groups excluding carboxylic acids is 1. The van der Waals surface area contributed by atoms with Crippen LogP contribution in [0.25, 0.3) is 0 Å². The smallest absolute Gasteiger partial charge is 0.253 e. The van der Waals surface area contributed by atoms with Gasteiger partial charge in [0, 0.05) is 11.9 Å². The van der Waals surface area contributed by atoms with Crippen LogP contribution in [0.15, 0.2) is 78.9 Å². The SMILES string of the molecule is C=C1NC=CC=C1C(=O)NC(Cc1ccccc1)C(=C)OCC. The van der Waals surface area contributed by atoms with Gasteiger partial charge >= 0.3 is 0 Å². The molecule has 1 heterocycles. The van der Waals surface area contributed by atoms with Crippen LogP contribution in [0.3, 0.4) is 0 Å². The molecule has 0 aromatic heterocycles. The topological polar surface area (TPSA) is 50.4 Å². The van der Waals surface area contributed by atoms with E-state index < -0.39 is 0 Å². The van der Waals surface area contributed by atoms with Crippen LogP contribution in [0, 0.1) is 0 Å². The van der Waals surface area contributed by atoms with Gasteiger partial charge in [-0.3, -0.25) is 4.79 Å². The zero-order valence-electron chi connectivity index (χ0n) is 13.3. The van der Waals surface area contributed by atoms with E-state index in [4.69, 9.17) is 4.74 Å². The third kappa shape index (κ3) is 4.61. The molecular formula is C19H22N2O2. The van der Waals surface area contributed by atoms with Gasteiger partial charge < -0.3 is 15.4 Å². The highest BCUT2D eigenvalue weighted by Crippen LogP contribution is 2.14. The Morgan fingerprint density at radius 2 is 2.09 bits per heavy atom. The van der Waals surface area contributed by atoms with Gasteiger partial charge in [0.15, 0.2) is 0 Å². The molecule has 120 valence electrons. The van der Waals surface area contributed by atoms with Gasteiger partial charge in [-0.25, -0.2) is 0 Å². The number of hydrogen-bond acceptors (Lipinski definition) is 3. The van der Waals surface area contributed by atoms with Crippen molar-refractivity contribution in [2.24, 2.45) is 0 Å². The summed E-state index contributed by atoms with van der Waals surface area (Å²) in [5.74, 6) is 0.351. The van der Waals surface area contributed by atoms with E-state index in [2.05, 4.69) is 23.8 Å². The highest BCUT2D eigenvalue weighted by molar-refractivity contribution is 5.98. The maximum absolute atomic E-state index is 12.5. The summed E-state index contributed by atoms with van der Waals surface area (Å²) in [4.78, 5) is 12.5. The molecule has 1 aliphatic rings. The van der Waals surface area contributed by atoms with E-state index in [0.717, 1.165) is 5.56 Å². The minimum absolute atomic E-state index is 0.200. The molecule has 1 aliphatic heterocycles. The van der Waals surface area contributed by atoms with Crippen LogP contribution in [0.1, 0.15) is 12.5 Å². The average Bonchev–Trinajstić information content (AvgIpc) is 2.55. The highest BCUT2D eigenvalue weighted by Gasteiger charge is 2.21. The Morgan fingerprint density at radius 3 is 2.74 bits per heavy atom. The number of nitrogens with one attached hydrogen (secondary N) is 2. The van der Waals surface area contributed by atoms with Crippen molar-refractivity contribution < 1.29 is 9.53 Å². The van der Waals surface area contributed by atoms with Crippen molar-refractivity contribution in [3.8, 4) is 0 Å². The molecule has 4 heteroatoms. The lowest BCUT2D eigenvalue weighted by atomic mass is 10.0.